The minimum absolute atomic E-state index is 0.0415. The average molecular weight is 214 g/mol. The highest BCUT2D eigenvalue weighted by Crippen LogP contribution is 2.04. The smallest absolute Gasteiger partial charge is 0.317 e. The lowest BCUT2D eigenvalue weighted by Gasteiger charge is -2.17. The summed E-state index contributed by atoms with van der Waals surface area (Å²) in [7, 11) is 0. The lowest BCUT2D eigenvalue weighted by molar-refractivity contribution is 0.0498. The van der Waals surface area contributed by atoms with Crippen molar-refractivity contribution in [2.45, 2.75) is 39.2 Å². The monoisotopic (exact) mass is 214 g/mol. The largest absolute Gasteiger partial charge is 0.377 e. The Bertz CT molecular complexity index is 197. The molecule has 1 atom stereocenters. The molecule has 0 aromatic heterocycles. The van der Waals surface area contributed by atoms with Gasteiger partial charge in [-0.2, -0.15) is 0 Å². The van der Waals surface area contributed by atoms with Crippen LogP contribution in [0.2, 0.25) is 0 Å². The van der Waals surface area contributed by atoms with Gasteiger partial charge in [0.2, 0.25) is 0 Å². The normalized spacial score (nSPS) is 18.0. The maximum Gasteiger partial charge on any atom is 0.317 e. The summed E-state index contributed by atoms with van der Waals surface area (Å²) in [5.74, 6) is 0. The molecule has 1 aliphatic heterocycles. The number of nitrogens with one attached hydrogen (secondary N) is 1. The topological polar surface area (TPSA) is 41.6 Å². The van der Waals surface area contributed by atoms with Crippen molar-refractivity contribution in [1.82, 2.24) is 10.2 Å². The second-order valence-corrected chi connectivity index (χ2v) is 4.04. The van der Waals surface area contributed by atoms with Crippen molar-refractivity contribution in [2.24, 2.45) is 0 Å². The SMILES string of the molecule is CCCCC(C)OCCN1CCNC1=O. The van der Waals surface area contributed by atoms with E-state index in [4.69, 9.17) is 4.74 Å². The van der Waals surface area contributed by atoms with E-state index in [0.717, 1.165) is 19.5 Å². The van der Waals surface area contributed by atoms with Crippen molar-refractivity contribution in [2.75, 3.05) is 26.2 Å². The van der Waals surface area contributed by atoms with Crippen LogP contribution in [0.5, 0.6) is 0 Å². The van der Waals surface area contributed by atoms with Crippen LogP contribution >= 0.6 is 0 Å². The molecule has 0 spiro atoms. The quantitative estimate of drug-likeness (QED) is 0.699. The molecule has 0 saturated carbocycles. The first kappa shape index (κ1) is 12.3. The van der Waals surface area contributed by atoms with Gasteiger partial charge in [0.1, 0.15) is 0 Å². The van der Waals surface area contributed by atoms with E-state index in [-0.39, 0.29) is 6.03 Å². The number of amides is 2. The number of carbonyl (C=O) groups excluding carboxylic acids is 1. The number of nitrogens with zero attached hydrogens (tertiary/aromatic N) is 1. The molecule has 1 N–H and O–H groups in total. The number of unbranched alkanes of at least 4 members (excludes halogenated alkanes) is 1. The third kappa shape index (κ3) is 4.51. The molecule has 88 valence electrons. The van der Waals surface area contributed by atoms with Gasteiger partial charge in [-0.15, -0.1) is 0 Å². The standard InChI is InChI=1S/C11H22N2O2/c1-3-4-5-10(2)15-9-8-13-7-6-12-11(13)14/h10H,3-9H2,1-2H3,(H,12,14). The van der Waals surface area contributed by atoms with Crippen molar-refractivity contribution in [3.8, 4) is 0 Å². The number of urea groups is 1. The molecule has 1 aliphatic rings. The number of rotatable bonds is 7. The van der Waals surface area contributed by atoms with Gasteiger partial charge < -0.3 is 15.0 Å². The fourth-order valence-electron chi connectivity index (χ4n) is 1.66. The fourth-order valence-corrected chi connectivity index (χ4v) is 1.66. The van der Waals surface area contributed by atoms with Crippen molar-refractivity contribution in [1.29, 1.82) is 0 Å². The Morgan fingerprint density at radius 1 is 1.60 bits per heavy atom. The van der Waals surface area contributed by atoms with Crippen molar-refractivity contribution < 1.29 is 9.53 Å². The predicted molar refractivity (Wildman–Crippen MR) is 59.9 cm³/mol. The van der Waals surface area contributed by atoms with Crippen LogP contribution in [0, 0.1) is 0 Å². The van der Waals surface area contributed by atoms with E-state index in [0.29, 0.717) is 19.3 Å². The molecule has 0 aromatic carbocycles. The second kappa shape index (κ2) is 6.67. The lowest BCUT2D eigenvalue weighted by Crippen LogP contribution is -2.32. The molecule has 0 radical (unpaired) electrons. The van der Waals surface area contributed by atoms with Crippen LogP contribution in [-0.4, -0.2) is 43.3 Å². The molecule has 1 saturated heterocycles. The summed E-state index contributed by atoms with van der Waals surface area (Å²) >= 11 is 0. The van der Waals surface area contributed by atoms with Crippen molar-refractivity contribution in [3.05, 3.63) is 0 Å². The molecule has 0 bridgehead atoms. The molecular formula is C11H22N2O2. The first-order valence-corrected chi connectivity index (χ1v) is 5.88. The van der Waals surface area contributed by atoms with Gasteiger partial charge in [-0.1, -0.05) is 19.8 Å². The molecule has 1 heterocycles. The molecule has 15 heavy (non-hydrogen) atoms. The first-order chi connectivity index (χ1) is 7.24. The van der Waals surface area contributed by atoms with E-state index in [1.54, 1.807) is 4.90 Å². The Morgan fingerprint density at radius 2 is 2.40 bits per heavy atom. The highest BCUT2D eigenvalue weighted by atomic mass is 16.5. The minimum Gasteiger partial charge on any atom is -0.377 e. The van der Waals surface area contributed by atoms with Crippen molar-refractivity contribution >= 4 is 6.03 Å². The third-order valence-electron chi connectivity index (χ3n) is 2.67. The third-order valence-corrected chi connectivity index (χ3v) is 2.67. The Morgan fingerprint density at radius 3 is 3.00 bits per heavy atom. The Hall–Kier alpha value is -0.770. The molecule has 0 aromatic rings. The van der Waals surface area contributed by atoms with Crippen molar-refractivity contribution in [3.63, 3.8) is 0 Å². The average Bonchev–Trinajstić information content (AvgIpc) is 2.61. The maximum atomic E-state index is 11.2. The number of hydrogen-bond acceptors (Lipinski definition) is 2. The molecule has 1 fully saturated rings. The molecular weight excluding hydrogens is 192 g/mol. The van der Waals surface area contributed by atoms with Gasteiger partial charge in [0.05, 0.1) is 12.7 Å². The second-order valence-electron chi connectivity index (χ2n) is 4.04. The lowest BCUT2D eigenvalue weighted by atomic mass is 10.2. The van der Waals surface area contributed by atoms with Crippen LogP contribution < -0.4 is 5.32 Å². The van der Waals surface area contributed by atoms with Crippen LogP contribution in [0.3, 0.4) is 0 Å². The van der Waals surface area contributed by atoms with Gasteiger partial charge in [0.15, 0.2) is 0 Å². The van der Waals surface area contributed by atoms with E-state index in [9.17, 15) is 4.79 Å². The molecule has 0 aliphatic carbocycles. The van der Waals surface area contributed by atoms with E-state index in [1.165, 1.54) is 12.8 Å². The van der Waals surface area contributed by atoms with Crippen LogP contribution in [-0.2, 0) is 4.74 Å². The Balaban J connectivity index is 2.02. The summed E-state index contributed by atoms with van der Waals surface area (Å²) in [6.45, 7) is 7.22. The first-order valence-electron chi connectivity index (χ1n) is 5.88. The molecule has 2 amide bonds. The maximum absolute atomic E-state index is 11.2. The highest BCUT2D eigenvalue weighted by molar-refractivity contribution is 5.76. The number of carbonyl (C=O) groups is 1. The van der Waals surface area contributed by atoms with E-state index in [2.05, 4.69) is 19.2 Å². The molecule has 4 heteroatoms. The zero-order chi connectivity index (χ0) is 11.1. The minimum atomic E-state index is 0.0415. The highest BCUT2D eigenvalue weighted by Gasteiger charge is 2.18. The summed E-state index contributed by atoms with van der Waals surface area (Å²) in [4.78, 5) is 13.0. The zero-order valence-electron chi connectivity index (χ0n) is 9.79. The van der Waals surface area contributed by atoms with E-state index in [1.807, 2.05) is 0 Å². The van der Waals surface area contributed by atoms with E-state index >= 15 is 0 Å². The molecule has 1 unspecified atom stereocenters. The zero-order valence-corrected chi connectivity index (χ0v) is 9.79. The predicted octanol–water partition coefficient (Wildman–Crippen LogP) is 1.61. The summed E-state index contributed by atoms with van der Waals surface area (Å²) in [6, 6.07) is 0.0415. The van der Waals surface area contributed by atoms with Crippen LogP contribution in [0.4, 0.5) is 4.79 Å². The fraction of sp³-hybridized carbons (Fsp3) is 0.909. The van der Waals surface area contributed by atoms with Gasteiger partial charge in [-0.05, 0) is 13.3 Å². The number of ether oxygens (including phenoxy) is 1. The molecule has 1 rings (SSSR count). The molecule has 4 nitrogen and oxygen atoms in total. The summed E-state index contributed by atoms with van der Waals surface area (Å²) in [6.07, 6.45) is 3.85. The Labute approximate surface area is 92.0 Å². The van der Waals surface area contributed by atoms with E-state index < -0.39 is 0 Å². The van der Waals surface area contributed by atoms with Gasteiger partial charge in [0.25, 0.3) is 0 Å². The van der Waals surface area contributed by atoms with Crippen LogP contribution in [0.25, 0.3) is 0 Å². The number of hydrogen-bond donors (Lipinski definition) is 1. The summed E-state index contributed by atoms with van der Waals surface area (Å²) < 4.78 is 5.63. The summed E-state index contributed by atoms with van der Waals surface area (Å²) in [5.41, 5.74) is 0. The van der Waals surface area contributed by atoms with Crippen LogP contribution in [0.1, 0.15) is 33.1 Å². The van der Waals surface area contributed by atoms with Gasteiger partial charge in [0, 0.05) is 19.6 Å². The Kier molecular flexibility index (Phi) is 5.47. The van der Waals surface area contributed by atoms with Crippen LogP contribution in [0.15, 0.2) is 0 Å². The van der Waals surface area contributed by atoms with Gasteiger partial charge in [-0.25, -0.2) is 4.79 Å². The van der Waals surface area contributed by atoms with Gasteiger partial charge in [-0.3, -0.25) is 0 Å². The summed E-state index contributed by atoms with van der Waals surface area (Å²) in [5, 5.41) is 2.77. The van der Waals surface area contributed by atoms with Gasteiger partial charge >= 0.3 is 6.03 Å².